The van der Waals surface area contributed by atoms with Crippen LogP contribution in [0.25, 0.3) is 0 Å². The number of nitrogens with one attached hydrogen (secondary N) is 1. The Hall–Kier alpha value is -1.23. The van der Waals surface area contributed by atoms with Crippen LogP contribution in [0.15, 0.2) is 4.79 Å². The molecule has 1 N–H and O–H groups in total. The van der Waals surface area contributed by atoms with Crippen LogP contribution in [-0.4, -0.2) is 17.1 Å². The predicted molar refractivity (Wildman–Crippen MR) is 40.3 cm³/mol. The molecule has 5 heteroatoms. The quantitative estimate of drug-likeness (QED) is 0.700. The van der Waals surface area contributed by atoms with Gasteiger partial charge in [0.2, 0.25) is 5.82 Å². The van der Waals surface area contributed by atoms with E-state index >= 15 is 0 Å². The van der Waals surface area contributed by atoms with Crippen LogP contribution in [0.3, 0.4) is 0 Å². The molecule has 1 heterocycles. The summed E-state index contributed by atoms with van der Waals surface area (Å²) in [7, 11) is 1.47. The first-order chi connectivity index (χ1) is 5.65. The fraction of sp³-hybridized carbons (Fsp3) is 0.429. The van der Waals surface area contributed by atoms with Gasteiger partial charge in [0.05, 0.1) is 5.69 Å². The SMILES string of the molecule is COCc1nc(C)c(F)c(=O)[nH]1. The smallest absolute Gasteiger partial charge is 0.287 e. The first-order valence-corrected chi connectivity index (χ1v) is 3.39. The van der Waals surface area contributed by atoms with Crippen LogP contribution in [0.1, 0.15) is 11.5 Å². The van der Waals surface area contributed by atoms with Crippen LogP contribution >= 0.6 is 0 Å². The summed E-state index contributed by atoms with van der Waals surface area (Å²) in [5, 5.41) is 0. The minimum Gasteiger partial charge on any atom is -0.377 e. The average Bonchev–Trinajstić information content (AvgIpc) is 2.01. The molecule has 1 aromatic heterocycles. The van der Waals surface area contributed by atoms with Gasteiger partial charge in [0, 0.05) is 7.11 Å². The van der Waals surface area contributed by atoms with Gasteiger partial charge < -0.3 is 9.72 Å². The van der Waals surface area contributed by atoms with Gasteiger partial charge in [-0.05, 0) is 6.92 Å². The summed E-state index contributed by atoms with van der Waals surface area (Å²) in [5.74, 6) is -0.503. The molecule has 12 heavy (non-hydrogen) atoms. The van der Waals surface area contributed by atoms with E-state index in [1.165, 1.54) is 14.0 Å². The highest BCUT2D eigenvalue weighted by atomic mass is 19.1. The number of halogens is 1. The fourth-order valence-corrected chi connectivity index (χ4v) is 0.835. The highest BCUT2D eigenvalue weighted by Gasteiger charge is 2.05. The molecule has 0 saturated carbocycles. The summed E-state index contributed by atoms with van der Waals surface area (Å²) in [6, 6.07) is 0. The summed E-state index contributed by atoms with van der Waals surface area (Å²) in [6.07, 6.45) is 0. The van der Waals surface area contributed by atoms with Crippen molar-refractivity contribution in [2.75, 3.05) is 7.11 Å². The summed E-state index contributed by atoms with van der Waals surface area (Å²) in [5.41, 5.74) is -0.666. The Balaban J connectivity index is 3.13. The molecule has 0 spiro atoms. The lowest BCUT2D eigenvalue weighted by atomic mass is 10.4. The lowest BCUT2D eigenvalue weighted by Gasteiger charge is -1.99. The standard InChI is InChI=1S/C7H9FN2O2/c1-4-6(8)7(11)10-5(9-4)3-12-2/h3H2,1-2H3,(H,9,10,11). The number of hydrogen-bond acceptors (Lipinski definition) is 3. The van der Waals surface area contributed by atoms with Crippen LogP contribution in [0.4, 0.5) is 4.39 Å². The molecule has 4 nitrogen and oxygen atoms in total. The highest BCUT2D eigenvalue weighted by molar-refractivity contribution is 5.02. The monoisotopic (exact) mass is 172 g/mol. The first-order valence-electron chi connectivity index (χ1n) is 3.39. The molecule has 0 atom stereocenters. The zero-order valence-electron chi connectivity index (χ0n) is 6.85. The summed E-state index contributed by atoms with van der Waals surface area (Å²) in [6.45, 7) is 1.61. The number of rotatable bonds is 2. The van der Waals surface area contributed by atoms with Crippen molar-refractivity contribution >= 4 is 0 Å². The molecular formula is C7H9FN2O2. The molecule has 0 fully saturated rings. The lowest BCUT2D eigenvalue weighted by molar-refractivity contribution is 0.177. The molecule has 0 aliphatic heterocycles. The van der Waals surface area contributed by atoms with Crippen molar-refractivity contribution in [1.82, 2.24) is 9.97 Å². The number of H-pyrrole nitrogens is 1. The van der Waals surface area contributed by atoms with Crippen molar-refractivity contribution in [2.24, 2.45) is 0 Å². The number of ether oxygens (including phenoxy) is 1. The van der Waals surface area contributed by atoms with Crippen molar-refractivity contribution in [3.8, 4) is 0 Å². The van der Waals surface area contributed by atoms with Crippen LogP contribution < -0.4 is 5.56 Å². The van der Waals surface area contributed by atoms with Crippen molar-refractivity contribution in [3.05, 3.63) is 27.7 Å². The number of aromatic nitrogens is 2. The van der Waals surface area contributed by atoms with Crippen LogP contribution in [-0.2, 0) is 11.3 Å². The van der Waals surface area contributed by atoms with Gasteiger partial charge >= 0.3 is 0 Å². The summed E-state index contributed by atoms with van der Waals surface area (Å²) >= 11 is 0. The second-order valence-corrected chi connectivity index (χ2v) is 2.35. The van der Waals surface area contributed by atoms with E-state index in [1.807, 2.05) is 0 Å². The van der Waals surface area contributed by atoms with E-state index in [4.69, 9.17) is 4.74 Å². The average molecular weight is 172 g/mol. The van der Waals surface area contributed by atoms with Crippen LogP contribution in [0.2, 0.25) is 0 Å². The third-order valence-electron chi connectivity index (χ3n) is 1.36. The van der Waals surface area contributed by atoms with Gasteiger partial charge in [0.1, 0.15) is 12.4 Å². The molecule has 0 saturated heterocycles. The molecular weight excluding hydrogens is 163 g/mol. The minimum atomic E-state index is -0.838. The van der Waals surface area contributed by atoms with E-state index in [-0.39, 0.29) is 12.3 Å². The largest absolute Gasteiger partial charge is 0.377 e. The number of nitrogens with zero attached hydrogens (tertiary/aromatic N) is 1. The molecule has 0 unspecified atom stereocenters. The zero-order chi connectivity index (χ0) is 9.14. The minimum absolute atomic E-state index is 0.0887. The van der Waals surface area contributed by atoms with Crippen LogP contribution in [0.5, 0.6) is 0 Å². The number of aromatic amines is 1. The molecule has 0 radical (unpaired) electrons. The first kappa shape index (κ1) is 8.86. The highest BCUT2D eigenvalue weighted by Crippen LogP contribution is 1.96. The Morgan fingerprint density at radius 3 is 2.83 bits per heavy atom. The molecule has 66 valence electrons. The van der Waals surface area contributed by atoms with Gasteiger partial charge in [-0.25, -0.2) is 4.98 Å². The molecule has 1 aromatic rings. The van der Waals surface area contributed by atoms with Gasteiger partial charge in [-0.3, -0.25) is 4.79 Å². The maximum atomic E-state index is 12.7. The molecule has 0 bridgehead atoms. The Morgan fingerprint density at radius 1 is 1.67 bits per heavy atom. The Kier molecular flexibility index (Phi) is 2.54. The zero-order valence-corrected chi connectivity index (χ0v) is 6.85. The van der Waals surface area contributed by atoms with E-state index in [0.717, 1.165) is 0 Å². The number of aryl methyl sites for hydroxylation is 1. The maximum absolute atomic E-state index is 12.7. The summed E-state index contributed by atoms with van der Waals surface area (Å²) in [4.78, 5) is 16.8. The molecule has 0 aromatic carbocycles. The third-order valence-corrected chi connectivity index (χ3v) is 1.36. The van der Waals surface area contributed by atoms with Gasteiger partial charge in [0.15, 0.2) is 0 Å². The van der Waals surface area contributed by atoms with Crippen molar-refractivity contribution < 1.29 is 9.13 Å². The molecule has 1 rings (SSSR count). The second kappa shape index (κ2) is 3.44. The normalized spacial score (nSPS) is 10.2. The Morgan fingerprint density at radius 2 is 2.33 bits per heavy atom. The fourth-order valence-electron chi connectivity index (χ4n) is 0.835. The van der Waals surface area contributed by atoms with Gasteiger partial charge in [0.25, 0.3) is 5.56 Å². The van der Waals surface area contributed by atoms with E-state index in [0.29, 0.717) is 5.82 Å². The van der Waals surface area contributed by atoms with Gasteiger partial charge in [-0.1, -0.05) is 0 Å². The lowest BCUT2D eigenvalue weighted by Crippen LogP contribution is -2.17. The van der Waals surface area contributed by atoms with Gasteiger partial charge in [-0.2, -0.15) is 4.39 Å². The molecule has 0 aliphatic carbocycles. The van der Waals surface area contributed by atoms with Gasteiger partial charge in [-0.15, -0.1) is 0 Å². The molecule has 0 amide bonds. The van der Waals surface area contributed by atoms with E-state index in [9.17, 15) is 9.18 Å². The van der Waals surface area contributed by atoms with E-state index in [2.05, 4.69) is 9.97 Å². The second-order valence-electron chi connectivity index (χ2n) is 2.35. The van der Waals surface area contributed by atoms with E-state index in [1.54, 1.807) is 0 Å². The van der Waals surface area contributed by atoms with Crippen molar-refractivity contribution in [2.45, 2.75) is 13.5 Å². The van der Waals surface area contributed by atoms with Crippen LogP contribution in [0, 0.1) is 12.7 Å². The topological polar surface area (TPSA) is 55.0 Å². The number of hydrogen-bond donors (Lipinski definition) is 1. The Bertz CT molecular complexity index is 335. The number of methoxy groups -OCH3 is 1. The van der Waals surface area contributed by atoms with Crippen molar-refractivity contribution in [3.63, 3.8) is 0 Å². The maximum Gasteiger partial charge on any atom is 0.287 e. The van der Waals surface area contributed by atoms with Crippen molar-refractivity contribution in [1.29, 1.82) is 0 Å². The van der Waals surface area contributed by atoms with E-state index < -0.39 is 11.4 Å². The summed E-state index contributed by atoms with van der Waals surface area (Å²) < 4.78 is 17.4. The Labute approximate surface area is 68.4 Å². The third kappa shape index (κ3) is 1.68. The predicted octanol–water partition coefficient (Wildman–Crippen LogP) is 0.364. The molecule has 0 aliphatic rings.